The first-order valence-electron chi connectivity index (χ1n) is 2.26. The Balaban J connectivity index is -0.000000135. The van der Waals surface area contributed by atoms with Gasteiger partial charge in [-0.3, -0.25) is 0 Å². The van der Waals surface area contributed by atoms with Gasteiger partial charge in [0, 0.05) is 0 Å². The summed E-state index contributed by atoms with van der Waals surface area (Å²) in [5, 5.41) is 34.1. The van der Waals surface area contributed by atoms with Crippen molar-refractivity contribution in [2.24, 2.45) is 0 Å². The van der Waals surface area contributed by atoms with Crippen LogP contribution in [0.5, 0.6) is 0 Å². The molecule has 3 N–H and O–H groups in total. The number of carbonyl (C=O) groups is 2. The second-order valence-corrected chi connectivity index (χ2v) is 1.55. The Morgan fingerprint density at radius 1 is 1.15 bits per heavy atom. The minimum absolute atomic E-state index is 0. The van der Waals surface area contributed by atoms with Crippen molar-refractivity contribution >= 4 is 11.9 Å². The quantitative estimate of drug-likeness (QED) is 0.426. The number of carbonyl (C=O) groups excluding carboxylic acids is 1. The summed E-state index contributed by atoms with van der Waals surface area (Å²) in [7, 11) is 0. The second kappa shape index (κ2) is 11.9. The SMILES string of the molecule is O=C([O-])C(O)C(O)C(=O)O.[Cl-].[K+].[Na+]. The molecule has 2 unspecified atom stereocenters. The van der Waals surface area contributed by atoms with E-state index in [0.717, 1.165) is 0 Å². The Morgan fingerprint density at radius 3 is 1.54 bits per heavy atom. The standard InChI is InChI=1S/C4H6O6.ClH.K.Na/c5-1(3(7)8)2(6)4(9)10;;;/h1-2,5-6H,(H,7,8)(H,9,10);1H;;/q;;2*+1/p-2. The van der Waals surface area contributed by atoms with Crippen LogP contribution < -0.4 is 98.5 Å². The molecular formula is C4H5ClKNaO6. The van der Waals surface area contributed by atoms with E-state index in [1.54, 1.807) is 0 Å². The van der Waals surface area contributed by atoms with E-state index in [4.69, 9.17) is 15.3 Å². The van der Waals surface area contributed by atoms with Crippen molar-refractivity contribution in [2.45, 2.75) is 12.2 Å². The number of aliphatic carboxylic acids is 2. The summed E-state index contributed by atoms with van der Waals surface area (Å²) >= 11 is 0. The Hall–Kier alpha value is 1.79. The maximum absolute atomic E-state index is 9.74. The minimum Gasteiger partial charge on any atom is -1.00 e. The van der Waals surface area contributed by atoms with Crippen LogP contribution in [0.15, 0.2) is 0 Å². The number of hydrogen-bond donors (Lipinski definition) is 3. The van der Waals surface area contributed by atoms with E-state index in [1.165, 1.54) is 0 Å². The second-order valence-electron chi connectivity index (χ2n) is 1.55. The monoisotopic (exact) mass is 246 g/mol. The fraction of sp³-hybridized carbons (Fsp3) is 0.500. The van der Waals surface area contributed by atoms with Crippen LogP contribution in [0.1, 0.15) is 0 Å². The molecule has 0 aromatic carbocycles. The molecule has 0 fully saturated rings. The number of carboxylic acid groups (broad SMARTS) is 2. The predicted molar refractivity (Wildman–Crippen MR) is 24.7 cm³/mol. The van der Waals surface area contributed by atoms with Gasteiger partial charge in [-0.15, -0.1) is 0 Å². The van der Waals surface area contributed by atoms with Crippen molar-refractivity contribution in [3.63, 3.8) is 0 Å². The first-order valence-corrected chi connectivity index (χ1v) is 2.26. The molecule has 0 aromatic rings. The maximum Gasteiger partial charge on any atom is 1.00 e. The summed E-state index contributed by atoms with van der Waals surface area (Å²) in [5.41, 5.74) is 0. The average Bonchev–Trinajstić information content (AvgIpc) is 1.84. The van der Waals surface area contributed by atoms with E-state index < -0.39 is 24.1 Å². The zero-order valence-corrected chi connectivity index (χ0v) is 13.0. The summed E-state index contributed by atoms with van der Waals surface area (Å²) in [6, 6.07) is 0. The molecular weight excluding hydrogens is 242 g/mol. The van der Waals surface area contributed by atoms with Crippen LogP contribution in [0.3, 0.4) is 0 Å². The molecule has 0 saturated carbocycles. The van der Waals surface area contributed by atoms with Crippen LogP contribution in [0.4, 0.5) is 0 Å². The molecule has 0 heterocycles. The van der Waals surface area contributed by atoms with Gasteiger partial charge in [0.05, 0.1) is 5.97 Å². The van der Waals surface area contributed by atoms with Crippen molar-refractivity contribution in [2.75, 3.05) is 0 Å². The van der Waals surface area contributed by atoms with Gasteiger partial charge < -0.3 is 37.6 Å². The largest absolute Gasteiger partial charge is 1.00 e. The van der Waals surface area contributed by atoms with Crippen molar-refractivity contribution in [1.29, 1.82) is 0 Å². The molecule has 9 heteroatoms. The number of aliphatic hydroxyl groups excluding tert-OH is 2. The number of carboxylic acids is 2. The van der Waals surface area contributed by atoms with Crippen LogP contribution in [0.25, 0.3) is 0 Å². The summed E-state index contributed by atoms with van der Waals surface area (Å²) in [6.07, 6.45) is -4.71. The molecule has 66 valence electrons. The third-order valence-electron chi connectivity index (χ3n) is 0.794. The van der Waals surface area contributed by atoms with Gasteiger partial charge in [0.1, 0.15) is 6.10 Å². The van der Waals surface area contributed by atoms with Crippen molar-refractivity contribution in [3.8, 4) is 0 Å². The van der Waals surface area contributed by atoms with Gasteiger partial charge >= 0.3 is 86.9 Å². The zero-order valence-electron chi connectivity index (χ0n) is 7.10. The Kier molecular flexibility index (Phi) is 22.0. The molecule has 0 aliphatic heterocycles. The van der Waals surface area contributed by atoms with E-state index in [9.17, 15) is 14.7 Å². The average molecular weight is 247 g/mol. The van der Waals surface area contributed by atoms with Crippen LogP contribution in [0, 0.1) is 0 Å². The molecule has 0 radical (unpaired) electrons. The predicted octanol–water partition coefficient (Wildman–Crippen LogP) is -12.4. The smallest absolute Gasteiger partial charge is 1.00 e. The maximum atomic E-state index is 9.74. The fourth-order valence-corrected chi connectivity index (χ4v) is 0.264. The first-order chi connectivity index (χ1) is 4.46. The topological polar surface area (TPSA) is 118 Å². The molecule has 2 atom stereocenters. The van der Waals surface area contributed by atoms with Crippen molar-refractivity contribution in [3.05, 3.63) is 0 Å². The molecule has 0 spiro atoms. The fourth-order valence-electron chi connectivity index (χ4n) is 0.264. The summed E-state index contributed by atoms with van der Waals surface area (Å²) in [4.78, 5) is 19.4. The molecule has 0 bridgehead atoms. The van der Waals surface area contributed by atoms with E-state index in [1.807, 2.05) is 0 Å². The minimum atomic E-state index is -2.38. The summed E-state index contributed by atoms with van der Waals surface area (Å²) < 4.78 is 0. The first kappa shape index (κ1) is 24.2. The molecule has 13 heavy (non-hydrogen) atoms. The number of hydrogen-bond acceptors (Lipinski definition) is 5. The van der Waals surface area contributed by atoms with Gasteiger partial charge in [-0.2, -0.15) is 0 Å². The van der Waals surface area contributed by atoms with Crippen molar-refractivity contribution in [1.82, 2.24) is 0 Å². The molecule has 0 rings (SSSR count). The molecule has 0 aliphatic carbocycles. The van der Waals surface area contributed by atoms with Gasteiger partial charge in [0.15, 0.2) is 6.10 Å². The number of aliphatic hydroxyl groups is 2. The number of rotatable bonds is 3. The molecule has 6 nitrogen and oxygen atoms in total. The summed E-state index contributed by atoms with van der Waals surface area (Å²) in [5.74, 6) is -3.83. The van der Waals surface area contributed by atoms with Crippen LogP contribution in [-0.4, -0.2) is 39.5 Å². The zero-order chi connectivity index (χ0) is 8.31. The molecule has 0 saturated heterocycles. The molecule has 0 aromatic heterocycles. The van der Waals surface area contributed by atoms with Gasteiger partial charge in [0.25, 0.3) is 0 Å². The normalized spacial score (nSPS) is 12.2. The summed E-state index contributed by atoms with van der Waals surface area (Å²) in [6.45, 7) is 0. The Morgan fingerprint density at radius 2 is 1.46 bits per heavy atom. The third-order valence-corrected chi connectivity index (χ3v) is 0.794. The Labute approximate surface area is 145 Å². The van der Waals surface area contributed by atoms with Gasteiger partial charge in [-0.25, -0.2) is 4.79 Å². The van der Waals surface area contributed by atoms with Crippen molar-refractivity contribution < 1.29 is 123 Å². The van der Waals surface area contributed by atoms with Crippen LogP contribution >= 0.6 is 0 Å². The van der Waals surface area contributed by atoms with E-state index in [0.29, 0.717) is 0 Å². The van der Waals surface area contributed by atoms with Crippen LogP contribution in [0.2, 0.25) is 0 Å². The molecule has 0 aliphatic rings. The van der Waals surface area contributed by atoms with E-state index >= 15 is 0 Å². The van der Waals surface area contributed by atoms with Gasteiger partial charge in [-0.05, 0) is 0 Å². The molecule has 0 amide bonds. The van der Waals surface area contributed by atoms with Crippen LogP contribution in [-0.2, 0) is 9.59 Å². The number of halogens is 1. The van der Waals surface area contributed by atoms with Gasteiger partial charge in [-0.1, -0.05) is 0 Å². The third kappa shape index (κ3) is 10.1. The van der Waals surface area contributed by atoms with E-state index in [-0.39, 0.29) is 93.3 Å². The van der Waals surface area contributed by atoms with E-state index in [2.05, 4.69) is 0 Å². The Bertz CT molecular complexity index is 149. The van der Waals surface area contributed by atoms with Gasteiger partial charge in [0.2, 0.25) is 0 Å².